The Hall–Kier alpha value is -1.31. The minimum atomic E-state index is 0.196. The first-order chi connectivity index (χ1) is 8.06. The molecule has 0 aliphatic carbocycles. The molecule has 0 aromatic heterocycles. The molecular weight excluding hydrogens is 210 g/mol. The van der Waals surface area contributed by atoms with Crippen LogP contribution < -0.4 is 5.32 Å². The van der Waals surface area contributed by atoms with E-state index in [0.717, 1.165) is 6.42 Å². The molecule has 0 bridgehead atoms. The van der Waals surface area contributed by atoms with Gasteiger partial charge < -0.3 is 5.32 Å². The van der Waals surface area contributed by atoms with Crippen molar-refractivity contribution in [2.75, 3.05) is 0 Å². The molecule has 2 rings (SSSR count). The summed E-state index contributed by atoms with van der Waals surface area (Å²) in [5.74, 6) is 1.16. The predicted molar refractivity (Wildman–Crippen MR) is 69.9 cm³/mol. The summed E-state index contributed by atoms with van der Waals surface area (Å²) in [6.45, 7) is 6.51. The quantitative estimate of drug-likeness (QED) is 0.851. The lowest BCUT2D eigenvalue weighted by Crippen LogP contribution is -2.29. The van der Waals surface area contributed by atoms with Gasteiger partial charge in [-0.3, -0.25) is 4.79 Å². The summed E-state index contributed by atoms with van der Waals surface area (Å²) in [6.07, 6.45) is 1.70. The summed E-state index contributed by atoms with van der Waals surface area (Å²) in [4.78, 5) is 11.6. The van der Waals surface area contributed by atoms with Crippen LogP contribution in [0.4, 0.5) is 0 Å². The van der Waals surface area contributed by atoms with E-state index in [1.807, 2.05) is 0 Å². The zero-order chi connectivity index (χ0) is 12.4. The molecule has 0 spiro atoms. The summed E-state index contributed by atoms with van der Waals surface area (Å²) in [5, 5.41) is 3.11. The Labute approximate surface area is 103 Å². The number of nitrogens with one attached hydrogen (secondary N) is 1. The molecular formula is C15H21NO. The Morgan fingerprint density at radius 2 is 2.18 bits per heavy atom. The Morgan fingerprint density at radius 3 is 2.82 bits per heavy atom. The molecule has 1 N–H and O–H groups in total. The van der Waals surface area contributed by atoms with Gasteiger partial charge in [-0.05, 0) is 24.8 Å². The highest BCUT2D eigenvalue weighted by atomic mass is 16.2. The van der Waals surface area contributed by atoms with Gasteiger partial charge >= 0.3 is 0 Å². The van der Waals surface area contributed by atoms with Gasteiger partial charge in [-0.15, -0.1) is 0 Å². The number of carbonyl (C=O) groups is 1. The first kappa shape index (κ1) is 12.2. The maximum atomic E-state index is 11.6. The molecule has 1 heterocycles. The number of hydrogen-bond acceptors (Lipinski definition) is 1. The van der Waals surface area contributed by atoms with Crippen molar-refractivity contribution in [3.63, 3.8) is 0 Å². The van der Waals surface area contributed by atoms with Gasteiger partial charge in [0.25, 0.3) is 0 Å². The molecule has 0 saturated carbocycles. The molecule has 1 aromatic rings. The van der Waals surface area contributed by atoms with E-state index >= 15 is 0 Å². The van der Waals surface area contributed by atoms with Crippen LogP contribution in [0.15, 0.2) is 24.3 Å². The Balaban J connectivity index is 2.20. The summed E-state index contributed by atoms with van der Waals surface area (Å²) >= 11 is 0. The van der Waals surface area contributed by atoms with Crippen molar-refractivity contribution >= 4 is 5.91 Å². The number of rotatable bonds is 3. The van der Waals surface area contributed by atoms with Crippen LogP contribution >= 0.6 is 0 Å². The summed E-state index contributed by atoms with van der Waals surface area (Å²) < 4.78 is 0. The molecule has 17 heavy (non-hydrogen) atoms. The largest absolute Gasteiger partial charge is 0.353 e. The van der Waals surface area contributed by atoms with Gasteiger partial charge in [-0.1, -0.05) is 43.7 Å². The lowest BCUT2D eigenvalue weighted by molar-refractivity contribution is -0.119. The molecule has 1 fully saturated rings. The van der Waals surface area contributed by atoms with Crippen molar-refractivity contribution in [1.29, 1.82) is 0 Å². The van der Waals surface area contributed by atoms with Gasteiger partial charge in [-0.25, -0.2) is 0 Å². The lowest BCUT2D eigenvalue weighted by atomic mass is 9.87. The zero-order valence-electron chi connectivity index (χ0n) is 10.9. The maximum absolute atomic E-state index is 11.6. The van der Waals surface area contributed by atoms with E-state index in [0.29, 0.717) is 24.3 Å². The minimum absolute atomic E-state index is 0.196. The van der Waals surface area contributed by atoms with E-state index in [2.05, 4.69) is 50.4 Å². The fourth-order valence-electron chi connectivity index (χ4n) is 2.69. The summed E-state index contributed by atoms with van der Waals surface area (Å²) in [7, 11) is 0. The van der Waals surface area contributed by atoms with E-state index < -0.39 is 0 Å². The Kier molecular flexibility index (Phi) is 3.51. The van der Waals surface area contributed by atoms with Gasteiger partial charge in [0, 0.05) is 18.4 Å². The molecule has 1 aliphatic rings. The van der Waals surface area contributed by atoms with Crippen LogP contribution in [0.5, 0.6) is 0 Å². The highest BCUT2D eigenvalue weighted by molar-refractivity contribution is 5.80. The maximum Gasteiger partial charge on any atom is 0.220 e. The van der Waals surface area contributed by atoms with E-state index in [4.69, 9.17) is 0 Å². The number of aryl methyl sites for hydroxylation is 1. The zero-order valence-corrected chi connectivity index (χ0v) is 10.9. The first-order valence-corrected chi connectivity index (χ1v) is 6.42. The van der Waals surface area contributed by atoms with Crippen molar-refractivity contribution in [1.82, 2.24) is 5.32 Å². The second kappa shape index (κ2) is 4.91. The van der Waals surface area contributed by atoms with Crippen molar-refractivity contribution in [2.45, 2.75) is 45.6 Å². The van der Waals surface area contributed by atoms with Crippen LogP contribution in [0.25, 0.3) is 0 Å². The predicted octanol–water partition coefficient (Wildman–Crippen LogP) is 3.01. The van der Waals surface area contributed by atoms with Gasteiger partial charge in [0.2, 0.25) is 5.91 Å². The number of hydrogen-bond donors (Lipinski definition) is 1. The standard InChI is InChI=1S/C15H21NO/c1-10(2)7-14-13(9-15(17)16-14)12-6-4-5-11(3)8-12/h4-6,8,10,13-14H,7,9H2,1-3H3,(H,16,17). The molecule has 2 atom stereocenters. The van der Waals surface area contributed by atoms with Crippen molar-refractivity contribution in [2.24, 2.45) is 5.92 Å². The molecule has 1 aliphatic heterocycles. The van der Waals surface area contributed by atoms with E-state index in [1.165, 1.54) is 11.1 Å². The highest BCUT2D eigenvalue weighted by Crippen LogP contribution is 2.32. The van der Waals surface area contributed by atoms with Crippen molar-refractivity contribution < 1.29 is 4.79 Å². The lowest BCUT2D eigenvalue weighted by Gasteiger charge is -2.21. The second-order valence-corrected chi connectivity index (χ2v) is 5.53. The van der Waals surface area contributed by atoms with E-state index in [-0.39, 0.29) is 5.91 Å². The topological polar surface area (TPSA) is 29.1 Å². The molecule has 2 unspecified atom stereocenters. The van der Waals surface area contributed by atoms with Crippen LogP contribution in [0, 0.1) is 12.8 Å². The third-order valence-electron chi connectivity index (χ3n) is 3.43. The van der Waals surface area contributed by atoms with Crippen LogP contribution in [0.3, 0.4) is 0 Å². The third-order valence-corrected chi connectivity index (χ3v) is 3.43. The summed E-state index contributed by atoms with van der Waals surface area (Å²) in [5.41, 5.74) is 2.57. The van der Waals surface area contributed by atoms with E-state index in [1.54, 1.807) is 0 Å². The highest BCUT2D eigenvalue weighted by Gasteiger charge is 2.33. The summed E-state index contributed by atoms with van der Waals surface area (Å²) in [6, 6.07) is 8.85. The number of amides is 1. The van der Waals surface area contributed by atoms with Crippen LogP contribution in [-0.2, 0) is 4.79 Å². The third kappa shape index (κ3) is 2.87. The molecule has 1 saturated heterocycles. The molecule has 0 radical (unpaired) electrons. The number of carbonyl (C=O) groups excluding carboxylic acids is 1. The fraction of sp³-hybridized carbons (Fsp3) is 0.533. The SMILES string of the molecule is Cc1cccc(C2CC(=O)NC2CC(C)C)c1. The van der Waals surface area contributed by atoms with Crippen molar-refractivity contribution in [3.8, 4) is 0 Å². The number of benzene rings is 1. The molecule has 2 heteroatoms. The van der Waals surface area contributed by atoms with Crippen molar-refractivity contribution in [3.05, 3.63) is 35.4 Å². The fourth-order valence-corrected chi connectivity index (χ4v) is 2.69. The minimum Gasteiger partial charge on any atom is -0.353 e. The van der Waals surface area contributed by atoms with E-state index in [9.17, 15) is 4.79 Å². The Morgan fingerprint density at radius 1 is 1.41 bits per heavy atom. The average molecular weight is 231 g/mol. The molecule has 92 valence electrons. The Bertz CT molecular complexity index is 411. The second-order valence-electron chi connectivity index (χ2n) is 5.53. The molecule has 1 aromatic carbocycles. The smallest absolute Gasteiger partial charge is 0.220 e. The monoisotopic (exact) mass is 231 g/mol. The van der Waals surface area contributed by atoms with Gasteiger partial charge in [-0.2, -0.15) is 0 Å². The van der Waals surface area contributed by atoms with Gasteiger partial charge in [0.15, 0.2) is 0 Å². The van der Waals surface area contributed by atoms with Gasteiger partial charge in [0.1, 0.15) is 0 Å². The average Bonchev–Trinajstić information content (AvgIpc) is 2.58. The van der Waals surface area contributed by atoms with Crippen LogP contribution in [0.2, 0.25) is 0 Å². The first-order valence-electron chi connectivity index (χ1n) is 6.42. The van der Waals surface area contributed by atoms with Crippen LogP contribution in [0.1, 0.15) is 43.7 Å². The normalized spacial score (nSPS) is 24.1. The van der Waals surface area contributed by atoms with Gasteiger partial charge in [0.05, 0.1) is 0 Å². The molecule has 2 nitrogen and oxygen atoms in total. The van der Waals surface area contributed by atoms with Crippen LogP contribution in [-0.4, -0.2) is 11.9 Å². The molecule has 1 amide bonds.